The summed E-state index contributed by atoms with van der Waals surface area (Å²) in [6, 6.07) is 27.0. The molecule has 4 aromatic carbocycles. The van der Waals surface area contributed by atoms with Crippen molar-refractivity contribution in [3.8, 4) is 0 Å². The lowest BCUT2D eigenvalue weighted by molar-refractivity contribution is -0.111. The zero-order chi connectivity index (χ0) is 26.4. The number of fused-ring (bicyclic) bond motifs is 1. The van der Waals surface area contributed by atoms with Gasteiger partial charge in [-0.1, -0.05) is 54.6 Å². The van der Waals surface area contributed by atoms with E-state index in [9.17, 15) is 19.5 Å². The van der Waals surface area contributed by atoms with Gasteiger partial charge in [-0.2, -0.15) is 0 Å². The Kier molecular flexibility index (Phi) is 7.64. The van der Waals surface area contributed by atoms with Gasteiger partial charge in [0.1, 0.15) is 0 Å². The topological polar surface area (TPSA) is 98.7 Å². The van der Waals surface area contributed by atoms with Crippen LogP contribution in [0.5, 0.6) is 0 Å². The molecule has 186 valence electrons. The van der Waals surface area contributed by atoms with Crippen molar-refractivity contribution in [1.29, 1.82) is 0 Å². The number of carbonyl (C=O) groups excluding carboxylic acids is 2. The average molecular weight is 494 g/mol. The third-order valence-corrected chi connectivity index (χ3v) is 5.94. The van der Waals surface area contributed by atoms with E-state index in [-0.39, 0.29) is 11.3 Å². The largest absolute Gasteiger partial charge is 0.478 e. The lowest BCUT2D eigenvalue weighted by atomic mass is 10.0. The van der Waals surface area contributed by atoms with Gasteiger partial charge in [0.2, 0.25) is 5.91 Å². The number of rotatable bonds is 7. The van der Waals surface area contributed by atoms with Gasteiger partial charge in [-0.25, -0.2) is 9.59 Å². The Morgan fingerprint density at radius 1 is 0.838 bits per heavy atom. The molecule has 0 aliphatic heterocycles. The molecule has 0 saturated heterocycles. The second kappa shape index (κ2) is 11.2. The number of hydrogen-bond donors (Lipinski definition) is 3. The zero-order valence-corrected chi connectivity index (χ0v) is 20.6. The molecule has 0 aliphatic rings. The van der Waals surface area contributed by atoms with Crippen molar-refractivity contribution in [1.82, 2.24) is 0 Å². The summed E-state index contributed by atoms with van der Waals surface area (Å²) in [7, 11) is 0. The number of nitrogens with zero attached hydrogens (tertiary/aromatic N) is 1. The van der Waals surface area contributed by atoms with Crippen LogP contribution in [0, 0.1) is 0 Å². The summed E-state index contributed by atoms with van der Waals surface area (Å²) >= 11 is 0. The average Bonchev–Trinajstić information content (AvgIpc) is 2.90. The number of amides is 3. The van der Waals surface area contributed by atoms with Crippen LogP contribution < -0.4 is 15.5 Å². The van der Waals surface area contributed by atoms with Crippen LogP contribution in [-0.4, -0.2) is 29.6 Å². The summed E-state index contributed by atoms with van der Waals surface area (Å²) in [5.41, 5.74) is 2.66. The number of carbonyl (C=O) groups is 3. The van der Waals surface area contributed by atoms with E-state index < -0.39 is 17.9 Å². The van der Waals surface area contributed by atoms with Gasteiger partial charge < -0.3 is 15.7 Å². The first-order valence-electron chi connectivity index (χ1n) is 11.8. The maximum Gasteiger partial charge on any atom is 0.337 e. The maximum absolute atomic E-state index is 12.8. The van der Waals surface area contributed by atoms with E-state index in [4.69, 9.17) is 0 Å². The van der Waals surface area contributed by atoms with Crippen LogP contribution in [0.1, 0.15) is 29.8 Å². The molecule has 4 aromatic rings. The van der Waals surface area contributed by atoms with Crippen LogP contribution in [0.2, 0.25) is 0 Å². The third-order valence-electron chi connectivity index (χ3n) is 5.94. The highest BCUT2D eigenvalue weighted by Crippen LogP contribution is 2.24. The fraction of sp³-hybridized carbons (Fsp3) is 0.100. The second-order valence-electron chi connectivity index (χ2n) is 8.45. The monoisotopic (exact) mass is 493 g/mol. The summed E-state index contributed by atoms with van der Waals surface area (Å²) in [6.07, 6.45) is 1.43. The normalized spacial score (nSPS) is 11.1. The predicted molar refractivity (Wildman–Crippen MR) is 148 cm³/mol. The molecule has 0 heterocycles. The van der Waals surface area contributed by atoms with Crippen LogP contribution in [-0.2, 0) is 4.79 Å². The van der Waals surface area contributed by atoms with Gasteiger partial charge in [0, 0.05) is 24.0 Å². The molecular weight excluding hydrogens is 466 g/mol. The van der Waals surface area contributed by atoms with Crippen molar-refractivity contribution in [2.75, 3.05) is 22.1 Å². The van der Waals surface area contributed by atoms with E-state index >= 15 is 0 Å². The summed E-state index contributed by atoms with van der Waals surface area (Å²) in [5, 5.41) is 17.3. The number of allylic oxidation sites excluding steroid dienone is 1. The number of hydrogen-bond acceptors (Lipinski definition) is 3. The molecule has 4 rings (SSSR count). The Bertz CT molecular complexity index is 1500. The first-order valence-corrected chi connectivity index (χ1v) is 11.8. The second-order valence-corrected chi connectivity index (χ2v) is 8.45. The summed E-state index contributed by atoms with van der Waals surface area (Å²) < 4.78 is 0. The summed E-state index contributed by atoms with van der Waals surface area (Å²) in [5.74, 6) is -1.68. The van der Waals surface area contributed by atoms with Gasteiger partial charge in [0.15, 0.2) is 0 Å². The standard InChI is InChI=1S/C30H27N3O4/c1-3-33(25-11-5-4-6-12-25)30(37)31-24-15-16-27(26(19-24)29(35)36)32-28(34)17-20(2)22-14-13-21-9-7-8-10-23(21)18-22/h4-19H,3H2,1-2H3,(H,31,37)(H,32,34)(H,35,36). The molecule has 0 unspecified atom stereocenters. The number of urea groups is 1. The fourth-order valence-corrected chi connectivity index (χ4v) is 4.03. The molecule has 3 amide bonds. The van der Waals surface area contributed by atoms with Crippen LogP contribution >= 0.6 is 0 Å². The minimum atomic E-state index is -1.22. The van der Waals surface area contributed by atoms with Crippen molar-refractivity contribution in [2.45, 2.75) is 13.8 Å². The number of anilines is 3. The Labute approximate surface area is 215 Å². The minimum absolute atomic E-state index is 0.133. The van der Waals surface area contributed by atoms with E-state index in [1.165, 1.54) is 23.1 Å². The molecule has 0 radical (unpaired) electrons. The molecule has 3 N–H and O–H groups in total. The Hall–Kier alpha value is -4.91. The van der Waals surface area contributed by atoms with E-state index in [0.717, 1.165) is 27.6 Å². The summed E-state index contributed by atoms with van der Waals surface area (Å²) in [4.78, 5) is 39.0. The van der Waals surface area contributed by atoms with Crippen molar-refractivity contribution in [3.63, 3.8) is 0 Å². The van der Waals surface area contributed by atoms with E-state index in [0.29, 0.717) is 12.2 Å². The molecular formula is C30H27N3O4. The third kappa shape index (κ3) is 6.02. The molecule has 0 atom stereocenters. The van der Waals surface area contributed by atoms with Crippen LogP contribution in [0.4, 0.5) is 21.9 Å². The van der Waals surface area contributed by atoms with Crippen molar-refractivity contribution < 1.29 is 19.5 Å². The van der Waals surface area contributed by atoms with Crippen molar-refractivity contribution in [2.24, 2.45) is 0 Å². The first kappa shape index (κ1) is 25.2. The number of benzene rings is 4. The van der Waals surface area contributed by atoms with Crippen LogP contribution in [0.3, 0.4) is 0 Å². The van der Waals surface area contributed by atoms with E-state index in [2.05, 4.69) is 10.6 Å². The predicted octanol–water partition coefficient (Wildman–Crippen LogP) is 6.64. The molecule has 0 saturated carbocycles. The highest BCUT2D eigenvalue weighted by Gasteiger charge is 2.17. The summed E-state index contributed by atoms with van der Waals surface area (Å²) in [6.45, 7) is 4.10. The number of carboxylic acids is 1. The number of aromatic carboxylic acids is 1. The molecule has 37 heavy (non-hydrogen) atoms. The van der Waals surface area contributed by atoms with Gasteiger partial charge in [-0.05, 0) is 72.2 Å². The highest BCUT2D eigenvalue weighted by atomic mass is 16.4. The van der Waals surface area contributed by atoms with Crippen molar-refractivity contribution in [3.05, 3.63) is 108 Å². The smallest absolute Gasteiger partial charge is 0.337 e. The minimum Gasteiger partial charge on any atom is -0.478 e. The van der Waals surface area contributed by atoms with E-state index in [1.54, 1.807) is 6.07 Å². The molecule has 7 nitrogen and oxygen atoms in total. The molecule has 0 bridgehead atoms. The van der Waals surface area contributed by atoms with Crippen LogP contribution in [0.25, 0.3) is 16.3 Å². The molecule has 0 fully saturated rings. The number of carboxylic acid groups (broad SMARTS) is 1. The lowest BCUT2D eigenvalue weighted by Crippen LogP contribution is -2.34. The lowest BCUT2D eigenvalue weighted by Gasteiger charge is -2.21. The van der Waals surface area contributed by atoms with Gasteiger partial charge >= 0.3 is 12.0 Å². The van der Waals surface area contributed by atoms with Gasteiger partial charge in [-0.3, -0.25) is 9.69 Å². The first-order chi connectivity index (χ1) is 17.9. The van der Waals surface area contributed by atoms with Crippen LogP contribution in [0.15, 0.2) is 97.1 Å². The van der Waals surface area contributed by atoms with Crippen molar-refractivity contribution >= 4 is 51.3 Å². The quantitative estimate of drug-likeness (QED) is 0.251. The van der Waals surface area contributed by atoms with Gasteiger partial charge in [-0.15, -0.1) is 0 Å². The molecule has 0 spiro atoms. The SMILES string of the molecule is CCN(C(=O)Nc1ccc(NC(=O)C=C(C)c2ccc3ccccc3c2)c(C(=O)O)c1)c1ccccc1. The Balaban J connectivity index is 1.50. The fourth-order valence-electron chi connectivity index (χ4n) is 4.03. The molecule has 7 heteroatoms. The molecule has 0 aliphatic carbocycles. The molecule has 0 aromatic heterocycles. The highest BCUT2D eigenvalue weighted by molar-refractivity contribution is 6.08. The van der Waals surface area contributed by atoms with Gasteiger partial charge in [0.25, 0.3) is 0 Å². The number of para-hydroxylation sites is 1. The number of nitrogens with one attached hydrogen (secondary N) is 2. The Morgan fingerprint density at radius 3 is 2.24 bits per heavy atom. The van der Waals surface area contributed by atoms with Gasteiger partial charge in [0.05, 0.1) is 11.3 Å². The Morgan fingerprint density at radius 2 is 1.54 bits per heavy atom. The zero-order valence-electron chi connectivity index (χ0n) is 20.6. The van der Waals surface area contributed by atoms with E-state index in [1.807, 2.05) is 86.6 Å². The maximum atomic E-state index is 12.8.